The first-order valence-corrected chi connectivity index (χ1v) is 7.51. The Labute approximate surface area is 110 Å². The number of halogens is 1. The fourth-order valence-electron chi connectivity index (χ4n) is 0.817. The minimum Gasteiger partial charge on any atom is -0.374 e. The topological polar surface area (TPSA) is 71.1 Å². The van der Waals surface area contributed by atoms with E-state index in [0.29, 0.717) is 6.61 Å². The van der Waals surface area contributed by atoms with E-state index in [2.05, 4.69) is 25.0 Å². The summed E-state index contributed by atoms with van der Waals surface area (Å²) in [6, 6.07) is 0. The maximum absolute atomic E-state index is 11.6. The first-order chi connectivity index (χ1) is 7.99. The van der Waals surface area contributed by atoms with Gasteiger partial charge in [-0.25, -0.2) is 4.57 Å². The number of phosphoric ester groups is 1. The number of carbonyl (C=O) groups excluding carboxylic acids is 1. The van der Waals surface area contributed by atoms with Crippen LogP contribution in [0.5, 0.6) is 0 Å². The van der Waals surface area contributed by atoms with Crippen LogP contribution in [-0.2, 0) is 27.7 Å². The molecule has 102 valence electrons. The normalized spacial score (nSPS) is 13.6. The standard InChI is InChI=1S/C9H18BrO6P/c1-4-5-6-15-7-8(11)9(10)16-17(12,13-2)14-3/h9H,4-7H2,1-3H3. The molecule has 0 bridgehead atoms. The Kier molecular flexibility index (Phi) is 9.31. The fourth-order valence-corrected chi connectivity index (χ4v) is 2.23. The molecule has 0 N–H and O–H groups in total. The Morgan fingerprint density at radius 2 is 1.94 bits per heavy atom. The zero-order valence-electron chi connectivity index (χ0n) is 10.2. The molecular formula is C9H18BrO6P. The summed E-state index contributed by atoms with van der Waals surface area (Å²) in [5, 5.41) is -1.07. The van der Waals surface area contributed by atoms with E-state index in [9.17, 15) is 9.36 Å². The zero-order valence-corrected chi connectivity index (χ0v) is 12.7. The molecule has 0 rings (SSSR count). The van der Waals surface area contributed by atoms with Crippen LogP contribution < -0.4 is 0 Å². The molecule has 17 heavy (non-hydrogen) atoms. The number of hydrogen-bond acceptors (Lipinski definition) is 6. The van der Waals surface area contributed by atoms with E-state index in [1.165, 1.54) is 14.2 Å². The summed E-state index contributed by atoms with van der Waals surface area (Å²) in [5.41, 5.74) is 0. The smallest absolute Gasteiger partial charge is 0.374 e. The van der Waals surface area contributed by atoms with E-state index in [0.717, 1.165) is 12.8 Å². The van der Waals surface area contributed by atoms with Crippen LogP contribution in [0.15, 0.2) is 0 Å². The Morgan fingerprint density at radius 3 is 2.41 bits per heavy atom. The first-order valence-electron chi connectivity index (χ1n) is 5.13. The molecule has 0 amide bonds. The van der Waals surface area contributed by atoms with E-state index in [4.69, 9.17) is 9.26 Å². The number of hydrogen-bond donors (Lipinski definition) is 0. The first kappa shape index (κ1) is 17.2. The van der Waals surface area contributed by atoms with Crippen LogP contribution in [0.2, 0.25) is 0 Å². The molecule has 0 aliphatic carbocycles. The Bertz CT molecular complexity index is 264. The third-order valence-electron chi connectivity index (χ3n) is 1.81. The van der Waals surface area contributed by atoms with Crippen LogP contribution in [0, 0.1) is 0 Å². The van der Waals surface area contributed by atoms with Crippen LogP contribution in [-0.4, -0.2) is 38.2 Å². The molecule has 0 saturated heterocycles. The monoisotopic (exact) mass is 332 g/mol. The van der Waals surface area contributed by atoms with Crippen LogP contribution >= 0.6 is 23.8 Å². The number of ether oxygens (including phenoxy) is 1. The molecule has 0 aliphatic rings. The number of alkyl halides is 1. The number of unbranched alkanes of at least 4 members (excludes halogenated alkanes) is 1. The van der Waals surface area contributed by atoms with E-state index >= 15 is 0 Å². The molecule has 6 nitrogen and oxygen atoms in total. The average Bonchev–Trinajstić information content (AvgIpc) is 2.34. The van der Waals surface area contributed by atoms with E-state index in [1.54, 1.807) is 0 Å². The van der Waals surface area contributed by atoms with Gasteiger partial charge in [-0.1, -0.05) is 13.3 Å². The molecule has 0 aromatic rings. The summed E-state index contributed by atoms with van der Waals surface area (Å²) in [4.78, 5) is 11.5. The lowest BCUT2D eigenvalue weighted by Crippen LogP contribution is -2.22. The van der Waals surface area contributed by atoms with Gasteiger partial charge in [-0.05, 0) is 22.4 Å². The summed E-state index contributed by atoms with van der Waals surface area (Å²) >= 11 is 2.95. The van der Waals surface area contributed by atoms with Crippen molar-refractivity contribution in [3.8, 4) is 0 Å². The van der Waals surface area contributed by atoms with Crippen molar-refractivity contribution in [2.24, 2.45) is 0 Å². The lowest BCUT2D eigenvalue weighted by Gasteiger charge is -2.16. The highest BCUT2D eigenvalue weighted by Gasteiger charge is 2.30. The average molecular weight is 333 g/mol. The summed E-state index contributed by atoms with van der Waals surface area (Å²) in [5.74, 6) is -0.379. The minimum atomic E-state index is -3.66. The second-order valence-electron chi connectivity index (χ2n) is 3.11. The molecule has 0 aromatic heterocycles. The summed E-state index contributed by atoms with van der Waals surface area (Å²) < 4.78 is 30.6. The van der Waals surface area contributed by atoms with Gasteiger partial charge in [0.1, 0.15) is 6.61 Å². The van der Waals surface area contributed by atoms with Crippen molar-refractivity contribution in [2.45, 2.75) is 24.8 Å². The van der Waals surface area contributed by atoms with Crippen molar-refractivity contribution in [3.63, 3.8) is 0 Å². The van der Waals surface area contributed by atoms with Crippen molar-refractivity contribution < 1.29 is 27.7 Å². The molecule has 0 heterocycles. The second kappa shape index (κ2) is 9.19. The molecular weight excluding hydrogens is 315 g/mol. The lowest BCUT2D eigenvalue weighted by atomic mass is 10.4. The van der Waals surface area contributed by atoms with Gasteiger partial charge in [0.2, 0.25) is 0 Å². The molecule has 1 unspecified atom stereocenters. The van der Waals surface area contributed by atoms with Gasteiger partial charge in [0, 0.05) is 20.8 Å². The zero-order chi connectivity index (χ0) is 13.3. The Hall–Kier alpha value is 0.220. The fraction of sp³-hybridized carbons (Fsp3) is 0.889. The van der Waals surface area contributed by atoms with Crippen molar-refractivity contribution in [3.05, 3.63) is 0 Å². The summed E-state index contributed by atoms with van der Waals surface area (Å²) in [6.07, 6.45) is 1.88. The van der Waals surface area contributed by atoms with Gasteiger partial charge < -0.3 is 4.74 Å². The van der Waals surface area contributed by atoms with Crippen LogP contribution in [0.1, 0.15) is 19.8 Å². The molecule has 1 atom stereocenters. The Morgan fingerprint density at radius 1 is 1.35 bits per heavy atom. The summed E-state index contributed by atoms with van der Waals surface area (Å²) in [7, 11) is -1.31. The lowest BCUT2D eigenvalue weighted by molar-refractivity contribution is -0.127. The minimum absolute atomic E-state index is 0.108. The van der Waals surface area contributed by atoms with Gasteiger partial charge >= 0.3 is 7.82 Å². The van der Waals surface area contributed by atoms with Gasteiger partial charge in [0.05, 0.1) is 0 Å². The number of rotatable bonds is 10. The molecule has 0 radical (unpaired) electrons. The van der Waals surface area contributed by atoms with Crippen molar-refractivity contribution in [1.82, 2.24) is 0 Å². The highest BCUT2D eigenvalue weighted by atomic mass is 79.9. The van der Waals surface area contributed by atoms with Gasteiger partial charge in [0.25, 0.3) is 0 Å². The highest BCUT2D eigenvalue weighted by Crippen LogP contribution is 2.49. The maximum atomic E-state index is 11.6. The molecule has 0 fully saturated rings. The number of phosphoric acid groups is 1. The van der Waals surface area contributed by atoms with Crippen molar-refractivity contribution >= 4 is 29.5 Å². The van der Waals surface area contributed by atoms with Crippen LogP contribution in [0.3, 0.4) is 0 Å². The number of carbonyl (C=O) groups is 1. The number of ketones is 1. The van der Waals surface area contributed by atoms with E-state index < -0.39 is 12.8 Å². The van der Waals surface area contributed by atoms with E-state index in [-0.39, 0.29) is 12.4 Å². The molecule has 0 saturated carbocycles. The molecule has 8 heteroatoms. The quantitative estimate of drug-likeness (QED) is 0.348. The van der Waals surface area contributed by atoms with Gasteiger partial charge in [-0.2, -0.15) is 0 Å². The predicted octanol–water partition coefficient (Wildman–Crippen LogP) is 2.51. The van der Waals surface area contributed by atoms with Crippen LogP contribution in [0.4, 0.5) is 0 Å². The van der Waals surface area contributed by atoms with Crippen LogP contribution in [0.25, 0.3) is 0 Å². The van der Waals surface area contributed by atoms with Gasteiger partial charge in [-0.15, -0.1) is 0 Å². The Balaban J connectivity index is 4.01. The molecule has 0 aliphatic heterocycles. The van der Waals surface area contributed by atoms with E-state index in [1.807, 2.05) is 6.92 Å². The third-order valence-corrected chi connectivity index (χ3v) is 4.16. The molecule has 0 aromatic carbocycles. The molecule has 0 spiro atoms. The van der Waals surface area contributed by atoms with Crippen molar-refractivity contribution in [1.29, 1.82) is 0 Å². The van der Waals surface area contributed by atoms with Crippen molar-refractivity contribution in [2.75, 3.05) is 27.4 Å². The SMILES string of the molecule is CCCCOCC(=O)C(Br)OP(=O)(OC)OC. The largest absolute Gasteiger partial charge is 0.475 e. The third kappa shape index (κ3) is 7.28. The number of Topliss-reactive ketones (excluding diaryl/α,β-unsaturated/α-hetero) is 1. The summed E-state index contributed by atoms with van der Waals surface area (Å²) in [6.45, 7) is 2.42. The maximum Gasteiger partial charge on any atom is 0.475 e. The highest BCUT2D eigenvalue weighted by molar-refractivity contribution is 9.09. The van der Waals surface area contributed by atoms with Gasteiger partial charge in [0.15, 0.2) is 10.8 Å². The van der Waals surface area contributed by atoms with Gasteiger partial charge in [-0.3, -0.25) is 18.4 Å². The second-order valence-corrected chi connectivity index (χ2v) is 5.77. The predicted molar refractivity (Wildman–Crippen MR) is 66.2 cm³/mol.